The van der Waals surface area contributed by atoms with Crippen LogP contribution in [0.2, 0.25) is 39.3 Å². The first-order valence-electron chi connectivity index (χ1n) is 6.14. The molecule has 1 aliphatic heterocycles. The molecule has 0 atom stereocenters. The Balaban J connectivity index is 2.94. The number of nitrogens with zero attached hydrogens (tertiary/aromatic N) is 3. The molecule has 3 nitrogen and oxygen atoms in total. The monoisotopic (exact) mass is 274 g/mol. The molecule has 1 rings (SSSR count). The van der Waals surface area contributed by atoms with Crippen molar-refractivity contribution in [3.63, 3.8) is 0 Å². The van der Waals surface area contributed by atoms with Crippen molar-refractivity contribution in [2.45, 2.75) is 39.3 Å². The molecule has 1 saturated heterocycles. The summed E-state index contributed by atoms with van der Waals surface area (Å²) in [4.78, 5) is 0. The highest BCUT2D eigenvalue weighted by Crippen LogP contribution is 2.25. The maximum atomic E-state index is 2.86. The lowest BCUT2D eigenvalue weighted by atomic mass is 10.7. The van der Waals surface area contributed by atoms with Crippen LogP contribution in [0, 0.1) is 0 Å². The Labute approximate surface area is 105 Å². The first-order chi connectivity index (χ1) is 7.05. The Kier molecular flexibility index (Phi) is 4.25. The van der Waals surface area contributed by atoms with Gasteiger partial charge in [0.05, 0.1) is 0 Å². The molecule has 0 aromatic heterocycles. The van der Waals surface area contributed by atoms with Crippen molar-refractivity contribution < 1.29 is 0 Å². The largest absolute Gasteiger partial charge is 0.320 e. The fourth-order valence-electron chi connectivity index (χ4n) is 2.30. The van der Waals surface area contributed by atoms with Crippen molar-refractivity contribution in [3.05, 3.63) is 0 Å². The Morgan fingerprint density at radius 3 is 1.31 bits per heavy atom. The molecule has 0 N–H and O–H groups in total. The highest BCUT2D eigenvalue weighted by molar-refractivity contribution is 6.88. The molecule has 0 spiro atoms. The minimum atomic E-state index is -1.15. The normalized spacial score (nSPS) is 22.3. The van der Waals surface area contributed by atoms with Crippen molar-refractivity contribution in [1.82, 2.24) is 13.0 Å². The van der Waals surface area contributed by atoms with E-state index in [1.165, 1.54) is 13.1 Å². The molecule has 1 aliphatic rings. The molecule has 0 aromatic carbocycles. The number of rotatable bonds is 3. The average Bonchev–Trinajstić information content (AvgIpc) is 2.43. The van der Waals surface area contributed by atoms with Crippen LogP contribution in [0.5, 0.6) is 0 Å². The summed E-state index contributed by atoms with van der Waals surface area (Å²) < 4.78 is 8.21. The van der Waals surface area contributed by atoms with Gasteiger partial charge in [-0.05, 0) is 27.2 Å². The molecule has 1 radical (unpaired) electrons. The number of hydrogen-bond acceptors (Lipinski definition) is 3. The fourth-order valence-corrected chi connectivity index (χ4v) is 12.7. The van der Waals surface area contributed by atoms with Crippen LogP contribution in [0.4, 0.5) is 0 Å². The minimum Gasteiger partial charge on any atom is -0.320 e. The Bertz CT molecular complexity index is 223. The van der Waals surface area contributed by atoms with Gasteiger partial charge >= 0.3 is 9.28 Å². The molecular weight excluding hydrogens is 246 g/mol. The number of hydrogen-bond donors (Lipinski definition) is 0. The van der Waals surface area contributed by atoms with Gasteiger partial charge in [0, 0.05) is 0 Å². The average molecular weight is 275 g/mol. The highest BCUT2D eigenvalue weighted by Gasteiger charge is 2.47. The van der Waals surface area contributed by atoms with Crippen LogP contribution in [-0.2, 0) is 0 Å². The molecule has 0 saturated carbocycles. The third kappa shape index (κ3) is 3.05. The minimum absolute atomic E-state index is 0.597. The standard InChI is InChI=1S/C10H28N3Si3/c1-11(2)14-12(15(3,4)5)9-10-13(14)16(6,7)8/h9-10H2,1-8H3. The summed E-state index contributed by atoms with van der Waals surface area (Å²) in [6.07, 6.45) is 0. The van der Waals surface area contributed by atoms with Crippen molar-refractivity contribution in [2.24, 2.45) is 0 Å². The van der Waals surface area contributed by atoms with E-state index >= 15 is 0 Å². The van der Waals surface area contributed by atoms with E-state index in [2.05, 4.69) is 66.4 Å². The van der Waals surface area contributed by atoms with Crippen molar-refractivity contribution in [1.29, 1.82) is 0 Å². The lowest BCUT2D eigenvalue weighted by Gasteiger charge is -2.42. The van der Waals surface area contributed by atoms with E-state index in [0.29, 0.717) is 0 Å². The van der Waals surface area contributed by atoms with Crippen LogP contribution >= 0.6 is 0 Å². The lowest BCUT2D eigenvalue weighted by Crippen LogP contribution is -2.66. The van der Waals surface area contributed by atoms with Gasteiger partial charge in [-0.2, -0.15) is 0 Å². The maximum absolute atomic E-state index is 2.86. The van der Waals surface area contributed by atoms with Gasteiger partial charge in [-0.25, -0.2) is 0 Å². The fraction of sp³-hybridized carbons (Fsp3) is 1.00. The zero-order valence-corrected chi connectivity index (χ0v) is 15.3. The second-order valence-corrected chi connectivity index (χ2v) is 20.1. The van der Waals surface area contributed by atoms with Crippen LogP contribution in [0.15, 0.2) is 0 Å². The van der Waals surface area contributed by atoms with E-state index in [1.54, 1.807) is 0 Å². The zero-order chi connectivity index (χ0) is 12.7. The molecule has 0 aliphatic carbocycles. The van der Waals surface area contributed by atoms with E-state index in [1.807, 2.05) is 0 Å². The highest BCUT2D eigenvalue weighted by atomic mass is 28.4. The summed E-state index contributed by atoms with van der Waals surface area (Å²) in [6, 6.07) is 0. The molecular formula is C10H28N3Si3. The molecule has 1 fully saturated rings. The lowest BCUT2D eigenvalue weighted by molar-refractivity contribution is 0.536. The summed E-state index contributed by atoms with van der Waals surface area (Å²) >= 11 is 0. The first kappa shape index (κ1) is 14.6. The van der Waals surface area contributed by atoms with E-state index in [9.17, 15) is 0 Å². The molecule has 6 heteroatoms. The Hall–Kier alpha value is 0.531. The summed E-state index contributed by atoms with van der Waals surface area (Å²) in [7, 11) is 1.62. The van der Waals surface area contributed by atoms with Crippen molar-refractivity contribution >= 4 is 25.8 Å². The molecule has 0 aromatic rings. The zero-order valence-electron chi connectivity index (χ0n) is 12.3. The van der Waals surface area contributed by atoms with Gasteiger partial charge in [-0.3, -0.25) is 0 Å². The second-order valence-electron chi connectivity index (χ2n) is 6.84. The van der Waals surface area contributed by atoms with E-state index in [4.69, 9.17) is 0 Å². The predicted octanol–water partition coefficient (Wildman–Crippen LogP) is 1.82. The molecule has 16 heavy (non-hydrogen) atoms. The van der Waals surface area contributed by atoms with Gasteiger partial charge in [-0.15, -0.1) is 0 Å². The van der Waals surface area contributed by atoms with Gasteiger partial charge in [-0.1, -0.05) is 39.3 Å². The van der Waals surface area contributed by atoms with Crippen LogP contribution in [0.1, 0.15) is 0 Å². The smallest absolute Gasteiger partial charge is 0.312 e. The molecule has 0 unspecified atom stereocenters. The van der Waals surface area contributed by atoms with E-state index < -0.39 is 25.8 Å². The molecule has 1 heterocycles. The van der Waals surface area contributed by atoms with E-state index in [0.717, 1.165) is 0 Å². The van der Waals surface area contributed by atoms with Crippen LogP contribution in [-0.4, -0.2) is 66.0 Å². The Morgan fingerprint density at radius 2 is 1.12 bits per heavy atom. The van der Waals surface area contributed by atoms with Crippen LogP contribution in [0.25, 0.3) is 0 Å². The third-order valence-corrected chi connectivity index (χ3v) is 14.2. The Morgan fingerprint density at radius 1 is 0.812 bits per heavy atom. The quantitative estimate of drug-likeness (QED) is 0.727. The molecule has 0 amide bonds. The van der Waals surface area contributed by atoms with Gasteiger partial charge in [0.1, 0.15) is 16.5 Å². The van der Waals surface area contributed by atoms with Gasteiger partial charge < -0.3 is 13.0 Å². The first-order valence-corrected chi connectivity index (χ1v) is 14.4. The maximum Gasteiger partial charge on any atom is 0.312 e. The van der Waals surface area contributed by atoms with Gasteiger partial charge in [0.15, 0.2) is 0 Å². The summed E-state index contributed by atoms with van der Waals surface area (Å²) in [5.41, 5.74) is 0. The van der Waals surface area contributed by atoms with Gasteiger partial charge in [0.25, 0.3) is 0 Å². The summed E-state index contributed by atoms with van der Waals surface area (Å²) in [6.45, 7) is 17.5. The van der Waals surface area contributed by atoms with E-state index in [-0.39, 0.29) is 0 Å². The van der Waals surface area contributed by atoms with Crippen LogP contribution in [0.3, 0.4) is 0 Å². The third-order valence-electron chi connectivity index (χ3n) is 3.05. The predicted molar refractivity (Wildman–Crippen MR) is 79.5 cm³/mol. The SMILES string of the molecule is CN(C)[Si]1N([Si](C)(C)C)CCN1[Si](C)(C)C. The topological polar surface area (TPSA) is 9.72 Å². The molecule has 95 valence electrons. The second kappa shape index (κ2) is 4.66. The van der Waals surface area contributed by atoms with Crippen LogP contribution < -0.4 is 0 Å². The molecule has 0 bridgehead atoms. The summed E-state index contributed by atoms with van der Waals surface area (Å²) in [5, 5.41) is 0. The summed E-state index contributed by atoms with van der Waals surface area (Å²) in [5.74, 6) is 0. The van der Waals surface area contributed by atoms with Crippen molar-refractivity contribution in [2.75, 3.05) is 27.2 Å². The van der Waals surface area contributed by atoms with Gasteiger partial charge in [0.2, 0.25) is 0 Å². The van der Waals surface area contributed by atoms with Crippen molar-refractivity contribution in [3.8, 4) is 0 Å².